The highest BCUT2D eigenvalue weighted by Gasteiger charge is 2.26. The van der Waals surface area contributed by atoms with Gasteiger partial charge in [-0.3, -0.25) is 4.90 Å². The molecule has 0 aromatic carbocycles. The Morgan fingerprint density at radius 1 is 1.15 bits per heavy atom. The molecule has 2 aliphatic rings. The lowest BCUT2D eigenvalue weighted by atomic mass is 9.93. The molecule has 0 bridgehead atoms. The number of piperazine rings is 1. The van der Waals surface area contributed by atoms with Crippen molar-refractivity contribution < 1.29 is 0 Å². The Morgan fingerprint density at radius 2 is 1.92 bits per heavy atom. The lowest BCUT2D eigenvalue weighted by Gasteiger charge is -2.41. The van der Waals surface area contributed by atoms with Gasteiger partial charge in [0.2, 0.25) is 0 Å². The van der Waals surface area contributed by atoms with E-state index in [1.165, 1.54) is 51.7 Å². The molecule has 0 amide bonds. The molecule has 2 nitrogen and oxygen atoms in total. The van der Waals surface area contributed by atoms with E-state index in [9.17, 15) is 0 Å². The molecule has 0 aromatic rings. The maximum atomic E-state index is 3.46. The summed E-state index contributed by atoms with van der Waals surface area (Å²) in [5.74, 6) is 0. The van der Waals surface area contributed by atoms with E-state index >= 15 is 0 Å². The molecule has 1 atom stereocenters. The number of nitrogens with one attached hydrogen (secondary N) is 1. The van der Waals surface area contributed by atoms with Gasteiger partial charge in [-0.25, -0.2) is 0 Å². The second-order valence-corrected chi connectivity index (χ2v) is 4.58. The van der Waals surface area contributed by atoms with E-state index in [2.05, 4.69) is 17.1 Å². The minimum absolute atomic E-state index is 0.761. The summed E-state index contributed by atoms with van der Waals surface area (Å²) in [7, 11) is 0. The standard InChI is InChI=1S/C11H22N2/c1-10-9-12-7-8-13(10)11-5-3-2-4-6-11/h10-12H,2-9H2,1H3/t10-/m0/s1. The van der Waals surface area contributed by atoms with Crippen molar-refractivity contribution in [3.8, 4) is 0 Å². The molecule has 1 N–H and O–H groups in total. The Labute approximate surface area is 81.7 Å². The Morgan fingerprint density at radius 3 is 2.62 bits per heavy atom. The van der Waals surface area contributed by atoms with E-state index in [0.717, 1.165) is 12.1 Å². The van der Waals surface area contributed by atoms with Crippen molar-refractivity contribution in [2.24, 2.45) is 0 Å². The van der Waals surface area contributed by atoms with Gasteiger partial charge in [0.05, 0.1) is 0 Å². The number of hydrogen-bond acceptors (Lipinski definition) is 2. The predicted octanol–water partition coefficient (Wildman–Crippen LogP) is 1.61. The summed E-state index contributed by atoms with van der Waals surface area (Å²) in [5.41, 5.74) is 0. The van der Waals surface area contributed by atoms with E-state index in [0.29, 0.717) is 0 Å². The maximum Gasteiger partial charge on any atom is 0.0195 e. The van der Waals surface area contributed by atoms with Crippen molar-refractivity contribution in [1.29, 1.82) is 0 Å². The minimum Gasteiger partial charge on any atom is -0.314 e. The van der Waals surface area contributed by atoms with Crippen LogP contribution in [0, 0.1) is 0 Å². The third-order valence-electron chi connectivity index (χ3n) is 3.60. The van der Waals surface area contributed by atoms with Crippen molar-refractivity contribution in [3.05, 3.63) is 0 Å². The van der Waals surface area contributed by atoms with Crippen LogP contribution in [-0.2, 0) is 0 Å². The van der Waals surface area contributed by atoms with Crippen LogP contribution in [0.15, 0.2) is 0 Å². The largest absolute Gasteiger partial charge is 0.314 e. The van der Waals surface area contributed by atoms with Gasteiger partial charge >= 0.3 is 0 Å². The number of nitrogens with zero attached hydrogens (tertiary/aromatic N) is 1. The molecule has 13 heavy (non-hydrogen) atoms. The summed E-state index contributed by atoms with van der Waals surface area (Å²) in [4.78, 5) is 2.73. The third-order valence-corrected chi connectivity index (χ3v) is 3.60. The molecule has 1 aliphatic carbocycles. The van der Waals surface area contributed by atoms with Crippen LogP contribution in [0.2, 0.25) is 0 Å². The molecule has 2 rings (SSSR count). The Kier molecular flexibility index (Phi) is 3.23. The highest BCUT2D eigenvalue weighted by molar-refractivity contribution is 4.84. The first-order chi connectivity index (χ1) is 6.38. The summed E-state index contributed by atoms with van der Waals surface area (Å²) in [6.45, 7) is 6.02. The third kappa shape index (κ3) is 2.23. The van der Waals surface area contributed by atoms with Gasteiger partial charge in [-0.2, -0.15) is 0 Å². The normalized spacial score (nSPS) is 33.5. The van der Waals surface area contributed by atoms with Gasteiger partial charge in [0.1, 0.15) is 0 Å². The molecule has 0 aromatic heterocycles. The summed E-state index contributed by atoms with van der Waals surface area (Å²) in [6.07, 6.45) is 7.29. The first-order valence-electron chi connectivity index (χ1n) is 5.84. The van der Waals surface area contributed by atoms with Gasteiger partial charge in [-0.1, -0.05) is 19.3 Å². The van der Waals surface area contributed by atoms with Gasteiger partial charge in [0.25, 0.3) is 0 Å². The van der Waals surface area contributed by atoms with Crippen LogP contribution in [-0.4, -0.2) is 36.6 Å². The van der Waals surface area contributed by atoms with Crippen molar-refractivity contribution >= 4 is 0 Å². The second kappa shape index (κ2) is 4.43. The van der Waals surface area contributed by atoms with Crippen LogP contribution in [0.1, 0.15) is 39.0 Å². The summed E-state index contributed by atoms with van der Waals surface area (Å²) in [6, 6.07) is 1.67. The first kappa shape index (κ1) is 9.47. The van der Waals surface area contributed by atoms with Crippen molar-refractivity contribution in [1.82, 2.24) is 10.2 Å². The molecule has 0 unspecified atom stereocenters. The SMILES string of the molecule is C[C@H]1CNCCN1C1CCCCC1. The average molecular weight is 182 g/mol. The number of hydrogen-bond donors (Lipinski definition) is 1. The van der Waals surface area contributed by atoms with E-state index in [1.54, 1.807) is 0 Å². The van der Waals surface area contributed by atoms with Crippen LogP contribution in [0.3, 0.4) is 0 Å². The van der Waals surface area contributed by atoms with Crippen LogP contribution in [0.5, 0.6) is 0 Å². The molecule has 1 saturated heterocycles. The van der Waals surface area contributed by atoms with Crippen molar-refractivity contribution in [3.63, 3.8) is 0 Å². The van der Waals surface area contributed by atoms with Gasteiger partial charge in [0, 0.05) is 31.7 Å². The molecule has 0 spiro atoms. The predicted molar refractivity (Wildman–Crippen MR) is 55.9 cm³/mol. The zero-order valence-electron chi connectivity index (χ0n) is 8.76. The highest BCUT2D eigenvalue weighted by Crippen LogP contribution is 2.24. The lowest BCUT2D eigenvalue weighted by molar-refractivity contribution is 0.0914. The van der Waals surface area contributed by atoms with E-state index in [-0.39, 0.29) is 0 Å². The Bertz CT molecular complexity index is 152. The fraction of sp³-hybridized carbons (Fsp3) is 1.00. The van der Waals surface area contributed by atoms with E-state index in [1.807, 2.05) is 0 Å². The molecule has 2 heteroatoms. The van der Waals surface area contributed by atoms with Crippen LogP contribution >= 0.6 is 0 Å². The summed E-state index contributed by atoms with van der Waals surface area (Å²) >= 11 is 0. The van der Waals surface area contributed by atoms with Crippen LogP contribution in [0.4, 0.5) is 0 Å². The summed E-state index contributed by atoms with van der Waals surface area (Å²) < 4.78 is 0. The molecule has 1 heterocycles. The fourth-order valence-electron chi connectivity index (χ4n) is 2.81. The minimum atomic E-state index is 0.761. The lowest BCUT2D eigenvalue weighted by Crippen LogP contribution is -2.54. The van der Waals surface area contributed by atoms with Crippen molar-refractivity contribution in [2.75, 3.05) is 19.6 Å². The average Bonchev–Trinajstić information content (AvgIpc) is 2.20. The maximum absolute atomic E-state index is 3.46. The van der Waals surface area contributed by atoms with Gasteiger partial charge in [-0.15, -0.1) is 0 Å². The smallest absolute Gasteiger partial charge is 0.0195 e. The first-order valence-corrected chi connectivity index (χ1v) is 5.84. The molecule has 2 fully saturated rings. The molecule has 1 saturated carbocycles. The molecular formula is C11H22N2. The van der Waals surface area contributed by atoms with Crippen molar-refractivity contribution in [2.45, 2.75) is 51.1 Å². The highest BCUT2D eigenvalue weighted by atomic mass is 15.2. The van der Waals surface area contributed by atoms with Gasteiger partial charge < -0.3 is 5.32 Å². The van der Waals surface area contributed by atoms with Crippen LogP contribution < -0.4 is 5.32 Å². The summed E-state index contributed by atoms with van der Waals surface area (Å²) in [5, 5.41) is 3.46. The van der Waals surface area contributed by atoms with E-state index in [4.69, 9.17) is 0 Å². The van der Waals surface area contributed by atoms with Gasteiger partial charge in [-0.05, 0) is 19.8 Å². The quantitative estimate of drug-likeness (QED) is 0.663. The number of rotatable bonds is 1. The molecule has 1 aliphatic heterocycles. The Hall–Kier alpha value is -0.0800. The zero-order valence-corrected chi connectivity index (χ0v) is 8.76. The fourth-order valence-corrected chi connectivity index (χ4v) is 2.81. The van der Waals surface area contributed by atoms with Crippen LogP contribution in [0.25, 0.3) is 0 Å². The second-order valence-electron chi connectivity index (χ2n) is 4.58. The zero-order chi connectivity index (χ0) is 9.10. The topological polar surface area (TPSA) is 15.3 Å². The molecule has 0 radical (unpaired) electrons. The van der Waals surface area contributed by atoms with Gasteiger partial charge in [0.15, 0.2) is 0 Å². The molecule has 76 valence electrons. The molecular weight excluding hydrogens is 160 g/mol. The Balaban J connectivity index is 1.88. The van der Waals surface area contributed by atoms with E-state index < -0.39 is 0 Å². The monoisotopic (exact) mass is 182 g/mol.